The second kappa shape index (κ2) is 11.7. The summed E-state index contributed by atoms with van der Waals surface area (Å²) in [6, 6.07) is 15.0. The maximum atomic E-state index is 11.6. The molecule has 0 atom stereocenters. The molecule has 0 bridgehead atoms. The van der Waals surface area contributed by atoms with E-state index in [0.717, 1.165) is 27.3 Å². The molecule has 168 valence electrons. The number of rotatable bonds is 6. The molecule has 0 amide bonds. The second-order valence-corrected chi connectivity index (χ2v) is 7.60. The van der Waals surface area contributed by atoms with Crippen molar-refractivity contribution in [3.63, 3.8) is 0 Å². The first-order valence-corrected chi connectivity index (χ1v) is 11.4. The predicted molar refractivity (Wildman–Crippen MR) is 129 cm³/mol. The van der Waals surface area contributed by atoms with Gasteiger partial charge in [-0.25, -0.2) is 9.78 Å². The summed E-state index contributed by atoms with van der Waals surface area (Å²) in [4.78, 5) is 17.2. The molecule has 1 aliphatic heterocycles. The summed E-state index contributed by atoms with van der Waals surface area (Å²) in [6.07, 6.45) is 5.80. The molecule has 7 heteroatoms. The first-order valence-electron chi connectivity index (χ1n) is 10.5. The molecule has 0 N–H and O–H groups in total. The molecular weight excluding hydrogens is 436 g/mol. The van der Waals surface area contributed by atoms with Gasteiger partial charge in [0, 0.05) is 5.56 Å². The van der Waals surface area contributed by atoms with E-state index in [2.05, 4.69) is 11.1 Å². The van der Waals surface area contributed by atoms with Crippen LogP contribution in [-0.2, 0) is 16.1 Å². The Morgan fingerprint density at radius 1 is 1.24 bits per heavy atom. The normalized spacial score (nSPS) is 11.9. The molecule has 1 aromatic carbocycles. The smallest absolute Gasteiger partial charge is 0.337 e. The minimum Gasteiger partial charge on any atom is -0.473 e. The lowest BCUT2D eigenvalue weighted by molar-refractivity contribution is 0.0600. The summed E-state index contributed by atoms with van der Waals surface area (Å²) < 4.78 is 16.0. The minimum atomic E-state index is -0.397. The Morgan fingerprint density at radius 3 is 2.64 bits per heavy atom. The molecule has 0 saturated carbocycles. The van der Waals surface area contributed by atoms with Gasteiger partial charge in [0.15, 0.2) is 0 Å². The number of thiophene rings is 1. The highest BCUT2D eigenvalue weighted by molar-refractivity contribution is 7.13. The standard InChI is InChI=1S/C24H18N2O4S.C2H6/c1-28-24(27)17-8-6-16(7-9-17)14-30-23-20(13-25)19(18-4-2-10-29-15-18)12-21(26-23)22-5-3-11-31-22;1-2/h2-3,5-12,15H,4,14H2,1H3;1-2H3. The number of carbonyl (C=O) groups excluding carboxylic acids is 1. The predicted octanol–water partition coefficient (Wildman–Crippen LogP) is 6.35. The molecule has 0 saturated heterocycles. The van der Waals surface area contributed by atoms with Crippen LogP contribution in [0.3, 0.4) is 0 Å². The average Bonchev–Trinajstić information content (AvgIpc) is 3.43. The van der Waals surface area contributed by atoms with Crippen LogP contribution in [0.1, 0.15) is 47.3 Å². The van der Waals surface area contributed by atoms with Gasteiger partial charge in [0.2, 0.25) is 5.88 Å². The van der Waals surface area contributed by atoms with Crippen molar-refractivity contribution in [3.05, 3.63) is 88.7 Å². The number of hydrogen-bond acceptors (Lipinski definition) is 7. The molecule has 3 aromatic rings. The van der Waals surface area contributed by atoms with Crippen LogP contribution in [0.15, 0.2) is 66.4 Å². The number of ether oxygens (including phenoxy) is 3. The molecule has 0 fully saturated rings. The van der Waals surface area contributed by atoms with Gasteiger partial charge in [-0.2, -0.15) is 5.26 Å². The summed E-state index contributed by atoms with van der Waals surface area (Å²) in [6.45, 7) is 4.20. The third-order valence-electron chi connectivity index (χ3n) is 4.69. The Labute approximate surface area is 197 Å². The van der Waals surface area contributed by atoms with Crippen LogP contribution >= 0.6 is 11.3 Å². The highest BCUT2D eigenvalue weighted by Gasteiger charge is 2.19. The van der Waals surface area contributed by atoms with Crippen LogP contribution in [-0.4, -0.2) is 18.1 Å². The lowest BCUT2D eigenvalue weighted by Gasteiger charge is -2.15. The number of nitriles is 1. The fourth-order valence-corrected chi connectivity index (χ4v) is 3.80. The van der Waals surface area contributed by atoms with Gasteiger partial charge in [-0.15, -0.1) is 11.3 Å². The Morgan fingerprint density at radius 2 is 2.03 bits per heavy atom. The summed E-state index contributed by atoms with van der Waals surface area (Å²) in [5.41, 5.74) is 4.01. The van der Waals surface area contributed by atoms with E-state index >= 15 is 0 Å². The van der Waals surface area contributed by atoms with Crippen molar-refractivity contribution in [2.45, 2.75) is 26.9 Å². The van der Waals surface area contributed by atoms with Crippen LogP contribution in [0.4, 0.5) is 0 Å². The quantitative estimate of drug-likeness (QED) is 0.399. The van der Waals surface area contributed by atoms with Gasteiger partial charge in [0.25, 0.3) is 0 Å². The summed E-state index contributed by atoms with van der Waals surface area (Å²) in [5, 5.41) is 11.8. The van der Waals surface area contributed by atoms with Crippen molar-refractivity contribution in [2.75, 3.05) is 7.11 Å². The molecule has 0 aliphatic carbocycles. The number of aromatic nitrogens is 1. The number of methoxy groups -OCH3 is 1. The number of hydrogen-bond donors (Lipinski definition) is 0. The zero-order valence-corrected chi connectivity index (χ0v) is 19.5. The van der Waals surface area contributed by atoms with Crippen molar-refractivity contribution in [1.29, 1.82) is 5.26 Å². The van der Waals surface area contributed by atoms with Crippen LogP contribution in [0.25, 0.3) is 16.1 Å². The summed E-state index contributed by atoms with van der Waals surface area (Å²) >= 11 is 1.56. The second-order valence-electron chi connectivity index (χ2n) is 6.66. The topological polar surface area (TPSA) is 81.4 Å². The van der Waals surface area contributed by atoms with E-state index in [4.69, 9.17) is 14.2 Å². The van der Waals surface area contributed by atoms with Crippen LogP contribution in [0.5, 0.6) is 5.88 Å². The van der Waals surface area contributed by atoms with E-state index in [1.807, 2.05) is 43.5 Å². The van der Waals surface area contributed by atoms with Crippen molar-refractivity contribution >= 4 is 22.9 Å². The van der Waals surface area contributed by atoms with Crippen molar-refractivity contribution in [3.8, 4) is 22.5 Å². The van der Waals surface area contributed by atoms with Gasteiger partial charge in [-0.3, -0.25) is 0 Å². The molecule has 1 aliphatic rings. The molecule has 4 rings (SSSR count). The largest absolute Gasteiger partial charge is 0.473 e. The molecular formula is C26H24N2O4S. The molecule has 0 unspecified atom stereocenters. The molecule has 33 heavy (non-hydrogen) atoms. The summed E-state index contributed by atoms with van der Waals surface area (Å²) in [5.74, 6) is -0.137. The number of carbonyl (C=O) groups is 1. The molecule has 0 spiro atoms. The zero-order valence-electron chi connectivity index (χ0n) is 18.7. The van der Waals surface area contributed by atoms with Gasteiger partial charge in [-0.1, -0.05) is 32.0 Å². The van der Waals surface area contributed by atoms with E-state index in [0.29, 0.717) is 17.5 Å². The lowest BCUT2D eigenvalue weighted by Crippen LogP contribution is -2.05. The molecule has 2 aromatic heterocycles. The van der Waals surface area contributed by atoms with E-state index < -0.39 is 5.97 Å². The van der Waals surface area contributed by atoms with Gasteiger partial charge in [0.1, 0.15) is 18.2 Å². The third kappa shape index (κ3) is 5.68. The van der Waals surface area contributed by atoms with Gasteiger partial charge in [0.05, 0.1) is 35.8 Å². The highest BCUT2D eigenvalue weighted by atomic mass is 32.1. The fraction of sp³-hybridized carbons (Fsp3) is 0.192. The SMILES string of the molecule is CC.COC(=O)c1ccc(COc2nc(-c3cccs3)cc(C3=COC=CC3)c2C#N)cc1. The lowest BCUT2D eigenvalue weighted by atomic mass is 9.98. The van der Waals surface area contributed by atoms with Crippen molar-refractivity contribution in [2.24, 2.45) is 0 Å². The number of nitrogens with zero attached hydrogens (tertiary/aromatic N) is 2. The molecule has 0 radical (unpaired) electrons. The van der Waals surface area contributed by atoms with E-state index in [-0.39, 0.29) is 12.5 Å². The Balaban J connectivity index is 0.00000149. The zero-order chi connectivity index (χ0) is 23.6. The fourth-order valence-electron chi connectivity index (χ4n) is 3.12. The summed E-state index contributed by atoms with van der Waals surface area (Å²) in [7, 11) is 1.34. The van der Waals surface area contributed by atoms with Crippen LogP contribution in [0.2, 0.25) is 0 Å². The average molecular weight is 461 g/mol. The monoisotopic (exact) mass is 460 g/mol. The number of esters is 1. The highest BCUT2D eigenvalue weighted by Crippen LogP contribution is 2.35. The number of benzene rings is 1. The Bertz CT molecular complexity index is 1190. The molecule has 6 nitrogen and oxygen atoms in total. The van der Waals surface area contributed by atoms with E-state index in [1.54, 1.807) is 48.1 Å². The Hall–Kier alpha value is -3.89. The van der Waals surface area contributed by atoms with E-state index in [1.165, 1.54) is 7.11 Å². The molecule has 3 heterocycles. The van der Waals surface area contributed by atoms with Gasteiger partial charge in [-0.05, 0) is 53.3 Å². The maximum absolute atomic E-state index is 11.6. The maximum Gasteiger partial charge on any atom is 0.337 e. The van der Waals surface area contributed by atoms with Crippen LogP contribution in [0, 0.1) is 11.3 Å². The first kappa shape index (κ1) is 23.8. The van der Waals surface area contributed by atoms with Crippen LogP contribution < -0.4 is 4.74 Å². The van der Waals surface area contributed by atoms with Crippen molar-refractivity contribution < 1.29 is 19.0 Å². The van der Waals surface area contributed by atoms with Gasteiger partial charge >= 0.3 is 5.97 Å². The number of pyridine rings is 1. The van der Waals surface area contributed by atoms with E-state index in [9.17, 15) is 10.1 Å². The first-order chi connectivity index (χ1) is 16.2. The van der Waals surface area contributed by atoms with Crippen molar-refractivity contribution in [1.82, 2.24) is 4.98 Å². The number of allylic oxidation sites excluding steroid dienone is 2. The van der Waals surface area contributed by atoms with Gasteiger partial charge < -0.3 is 14.2 Å². The Kier molecular flexibility index (Phi) is 8.39. The minimum absolute atomic E-state index is 0.200. The third-order valence-corrected chi connectivity index (χ3v) is 5.58.